The maximum absolute atomic E-state index is 9.40. The summed E-state index contributed by atoms with van der Waals surface area (Å²) >= 11 is 0. The molecule has 28 heavy (non-hydrogen) atoms. The first-order chi connectivity index (χ1) is 13.3. The number of rotatable bonds is 9. The summed E-state index contributed by atoms with van der Waals surface area (Å²) in [5, 5.41) is 24.8. The molecular formula is C21H37N5O2. The summed E-state index contributed by atoms with van der Waals surface area (Å²) in [7, 11) is 0. The highest BCUT2D eigenvalue weighted by Gasteiger charge is 2.12. The standard InChI is InChI=1S/C19H31N5O.C2H6O/c1-4-15(23-11-13(3)25)7-8-22-19-16(18(20)21)10-14-9-12(2)5-6-17(14)24-19;1-2-3/h5-6,9-10,13,15,18,23,25H,4,7-8,11,20-21H2,1-3H3,(H,22,24);3H,2H2,1H3/t13-,15?;/m1./s1. The van der Waals surface area contributed by atoms with Crippen LogP contribution in [0.25, 0.3) is 10.9 Å². The Kier molecular flexibility index (Phi) is 11.0. The number of aryl methyl sites for hydroxylation is 1. The molecule has 1 aromatic heterocycles. The van der Waals surface area contributed by atoms with Gasteiger partial charge in [0.05, 0.1) is 17.8 Å². The lowest BCUT2D eigenvalue weighted by Crippen LogP contribution is -2.35. The van der Waals surface area contributed by atoms with Gasteiger partial charge in [-0.1, -0.05) is 18.6 Å². The van der Waals surface area contributed by atoms with Crippen LogP contribution in [0.3, 0.4) is 0 Å². The largest absolute Gasteiger partial charge is 0.397 e. The van der Waals surface area contributed by atoms with E-state index in [-0.39, 0.29) is 12.7 Å². The van der Waals surface area contributed by atoms with Crippen LogP contribution in [0.5, 0.6) is 0 Å². The van der Waals surface area contributed by atoms with E-state index in [4.69, 9.17) is 21.6 Å². The van der Waals surface area contributed by atoms with Crippen LogP contribution in [-0.4, -0.2) is 47.0 Å². The minimum Gasteiger partial charge on any atom is -0.397 e. The Morgan fingerprint density at radius 3 is 2.43 bits per heavy atom. The average Bonchev–Trinajstić information content (AvgIpc) is 2.64. The third-order valence-corrected chi connectivity index (χ3v) is 4.34. The zero-order valence-electron chi connectivity index (χ0n) is 17.6. The number of benzene rings is 1. The smallest absolute Gasteiger partial charge is 0.132 e. The Labute approximate surface area is 168 Å². The van der Waals surface area contributed by atoms with Crippen LogP contribution < -0.4 is 22.1 Å². The average molecular weight is 392 g/mol. The van der Waals surface area contributed by atoms with E-state index in [2.05, 4.69) is 30.5 Å². The van der Waals surface area contributed by atoms with Crippen molar-refractivity contribution in [1.29, 1.82) is 0 Å². The predicted molar refractivity (Wildman–Crippen MR) is 117 cm³/mol. The van der Waals surface area contributed by atoms with Gasteiger partial charge in [-0.15, -0.1) is 0 Å². The van der Waals surface area contributed by atoms with Crippen LogP contribution in [0.15, 0.2) is 24.3 Å². The topological polar surface area (TPSA) is 129 Å². The molecule has 0 radical (unpaired) electrons. The van der Waals surface area contributed by atoms with E-state index < -0.39 is 6.17 Å². The number of hydrogen-bond donors (Lipinski definition) is 6. The summed E-state index contributed by atoms with van der Waals surface area (Å²) in [5.74, 6) is 0.747. The molecule has 0 aliphatic carbocycles. The summed E-state index contributed by atoms with van der Waals surface area (Å²) in [4.78, 5) is 4.70. The van der Waals surface area contributed by atoms with Gasteiger partial charge in [0.1, 0.15) is 5.82 Å². The van der Waals surface area contributed by atoms with Crippen molar-refractivity contribution in [2.24, 2.45) is 11.5 Å². The van der Waals surface area contributed by atoms with Crippen molar-refractivity contribution >= 4 is 16.7 Å². The summed E-state index contributed by atoms with van der Waals surface area (Å²) in [6, 6.07) is 8.52. The Bertz CT molecular complexity index is 707. The maximum Gasteiger partial charge on any atom is 0.132 e. The van der Waals surface area contributed by atoms with Crippen molar-refractivity contribution in [3.05, 3.63) is 35.4 Å². The van der Waals surface area contributed by atoms with Crippen molar-refractivity contribution in [2.75, 3.05) is 25.0 Å². The molecule has 1 heterocycles. The molecule has 0 fully saturated rings. The molecule has 0 aliphatic rings. The molecule has 8 N–H and O–H groups in total. The molecule has 0 saturated carbocycles. The molecule has 2 aromatic rings. The van der Waals surface area contributed by atoms with Gasteiger partial charge >= 0.3 is 0 Å². The minimum absolute atomic E-state index is 0.250. The number of nitrogens with zero attached hydrogens (tertiary/aromatic N) is 1. The third kappa shape index (κ3) is 8.08. The molecule has 2 rings (SSSR count). The molecule has 7 heteroatoms. The van der Waals surface area contributed by atoms with Crippen molar-refractivity contribution in [2.45, 2.75) is 58.8 Å². The van der Waals surface area contributed by atoms with Gasteiger partial charge in [0.25, 0.3) is 0 Å². The second-order valence-corrected chi connectivity index (χ2v) is 7.04. The first kappa shape index (κ1) is 24.3. The highest BCUT2D eigenvalue weighted by atomic mass is 16.3. The zero-order chi connectivity index (χ0) is 21.1. The van der Waals surface area contributed by atoms with Gasteiger partial charge in [0.15, 0.2) is 0 Å². The molecule has 2 atom stereocenters. The molecule has 0 amide bonds. The maximum atomic E-state index is 9.40. The van der Waals surface area contributed by atoms with E-state index in [1.807, 2.05) is 18.2 Å². The molecule has 1 unspecified atom stereocenters. The Morgan fingerprint density at radius 1 is 1.18 bits per heavy atom. The predicted octanol–water partition coefficient (Wildman–Crippen LogP) is 2.01. The number of hydrogen-bond acceptors (Lipinski definition) is 7. The summed E-state index contributed by atoms with van der Waals surface area (Å²) < 4.78 is 0. The van der Waals surface area contributed by atoms with Crippen molar-refractivity contribution in [1.82, 2.24) is 10.3 Å². The first-order valence-electron chi connectivity index (χ1n) is 10.0. The van der Waals surface area contributed by atoms with E-state index in [1.54, 1.807) is 13.8 Å². The first-order valence-corrected chi connectivity index (χ1v) is 10.0. The molecule has 7 nitrogen and oxygen atoms in total. The second kappa shape index (κ2) is 12.6. The van der Waals surface area contributed by atoms with Gasteiger partial charge in [-0.05, 0) is 51.8 Å². The van der Waals surface area contributed by atoms with Gasteiger partial charge < -0.3 is 32.3 Å². The van der Waals surface area contributed by atoms with Crippen LogP contribution in [-0.2, 0) is 0 Å². The summed E-state index contributed by atoms with van der Waals surface area (Å²) in [6.07, 6.45) is 1.02. The van der Waals surface area contributed by atoms with E-state index in [9.17, 15) is 5.11 Å². The number of nitrogens with two attached hydrogens (primary N) is 2. The van der Waals surface area contributed by atoms with Gasteiger partial charge in [0, 0.05) is 36.7 Å². The molecule has 0 aliphatic heterocycles. The van der Waals surface area contributed by atoms with E-state index in [0.717, 1.165) is 41.7 Å². The van der Waals surface area contributed by atoms with E-state index in [1.165, 1.54) is 5.56 Å². The lowest BCUT2D eigenvalue weighted by Gasteiger charge is -2.20. The number of fused-ring (bicyclic) bond motifs is 1. The molecule has 0 bridgehead atoms. The lowest BCUT2D eigenvalue weighted by molar-refractivity contribution is 0.185. The van der Waals surface area contributed by atoms with Gasteiger partial charge in [-0.3, -0.25) is 0 Å². The van der Waals surface area contributed by atoms with Gasteiger partial charge in [-0.25, -0.2) is 4.98 Å². The van der Waals surface area contributed by atoms with Crippen LogP contribution in [0, 0.1) is 6.92 Å². The lowest BCUT2D eigenvalue weighted by atomic mass is 10.1. The third-order valence-electron chi connectivity index (χ3n) is 4.34. The molecular weight excluding hydrogens is 354 g/mol. The van der Waals surface area contributed by atoms with Crippen molar-refractivity contribution in [3.8, 4) is 0 Å². The van der Waals surface area contributed by atoms with E-state index in [0.29, 0.717) is 12.6 Å². The quantitative estimate of drug-likeness (QED) is 0.361. The van der Waals surface area contributed by atoms with Crippen LogP contribution >= 0.6 is 0 Å². The number of aromatic nitrogens is 1. The fourth-order valence-corrected chi connectivity index (χ4v) is 2.86. The highest BCUT2D eigenvalue weighted by molar-refractivity contribution is 5.82. The number of anilines is 1. The Morgan fingerprint density at radius 2 is 1.86 bits per heavy atom. The normalized spacial score (nSPS) is 13.2. The fraction of sp³-hybridized carbons (Fsp3) is 0.571. The number of nitrogens with one attached hydrogen (secondary N) is 2. The van der Waals surface area contributed by atoms with Crippen LogP contribution in [0.2, 0.25) is 0 Å². The van der Waals surface area contributed by atoms with Gasteiger partial charge in [0.2, 0.25) is 0 Å². The van der Waals surface area contributed by atoms with E-state index >= 15 is 0 Å². The second-order valence-electron chi connectivity index (χ2n) is 7.04. The van der Waals surface area contributed by atoms with Crippen molar-refractivity contribution < 1.29 is 10.2 Å². The number of pyridine rings is 1. The molecule has 158 valence electrons. The van der Waals surface area contributed by atoms with Crippen LogP contribution in [0.4, 0.5) is 5.82 Å². The molecule has 0 saturated heterocycles. The highest BCUT2D eigenvalue weighted by Crippen LogP contribution is 2.24. The monoisotopic (exact) mass is 391 g/mol. The van der Waals surface area contributed by atoms with Gasteiger partial charge in [-0.2, -0.15) is 0 Å². The Balaban J connectivity index is 0.00000122. The molecule has 1 aromatic carbocycles. The Hall–Kier alpha value is -1.77. The fourth-order valence-electron chi connectivity index (χ4n) is 2.86. The summed E-state index contributed by atoms with van der Waals surface area (Å²) in [5.41, 5.74) is 14.8. The van der Waals surface area contributed by atoms with Crippen LogP contribution in [0.1, 0.15) is 50.9 Å². The summed E-state index contributed by atoms with van der Waals surface area (Å²) in [6.45, 7) is 9.27. The molecule has 0 spiro atoms. The number of aliphatic hydroxyl groups excluding tert-OH is 2. The zero-order valence-corrected chi connectivity index (χ0v) is 17.6. The number of aliphatic hydroxyl groups is 2. The SMILES string of the molecule is CCC(CCNc1nc2ccc(C)cc2cc1C(N)N)NC[C@@H](C)O.CCO. The minimum atomic E-state index is -0.574. The van der Waals surface area contributed by atoms with Crippen molar-refractivity contribution in [3.63, 3.8) is 0 Å².